The highest BCUT2D eigenvalue weighted by molar-refractivity contribution is 8.13. The average Bonchev–Trinajstić information content (AvgIpc) is 3.35. The number of thioether (sulfide) groups is 1. The van der Waals surface area contributed by atoms with Crippen LogP contribution in [0, 0.1) is 5.41 Å². The highest BCUT2D eigenvalue weighted by Crippen LogP contribution is 2.17. The number of alkyl halides is 3. The largest absolute Gasteiger partial charge is 0.494 e. The zero-order chi connectivity index (χ0) is 55.5. The quantitative estimate of drug-likeness (QED) is 0.0260. The maximum atomic E-state index is 12.9. The van der Waals surface area contributed by atoms with Crippen molar-refractivity contribution in [3.63, 3.8) is 0 Å². The molecule has 0 saturated heterocycles. The smallest absolute Gasteiger partial charge is 0.490 e. The Balaban J connectivity index is 0.00000373. The molecule has 1 atom stereocenters. The first-order valence-corrected chi connectivity index (χ1v) is 24.2. The van der Waals surface area contributed by atoms with Crippen LogP contribution in [0.15, 0.2) is 48.5 Å². The minimum Gasteiger partial charge on any atom is -0.494 e. The minimum absolute atomic E-state index is 0.0853. The monoisotopic (exact) mass is 1100 g/mol. The first kappa shape index (κ1) is 66.8. The normalized spacial score (nSPS) is 11.3. The van der Waals surface area contributed by atoms with Gasteiger partial charge in [0.2, 0.25) is 17.7 Å². The summed E-state index contributed by atoms with van der Waals surface area (Å²) < 4.78 is 81.0. The van der Waals surface area contributed by atoms with Gasteiger partial charge in [0.25, 0.3) is 5.91 Å². The fourth-order valence-corrected chi connectivity index (χ4v) is 5.77. The topological polar surface area (TPSA) is 353 Å². The third-order valence-corrected chi connectivity index (χ3v) is 9.51. The molecule has 0 spiro atoms. The second-order valence-corrected chi connectivity index (χ2v) is 16.1. The summed E-state index contributed by atoms with van der Waals surface area (Å²) in [5.74, 6) is -5.62. The Morgan fingerprint density at radius 3 is 1.61 bits per heavy atom. The van der Waals surface area contributed by atoms with E-state index in [2.05, 4.69) is 26.6 Å². The molecule has 0 aliphatic heterocycles. The molecule has 0 aliphatic carbocycles. The molecule has 0 bridgehead atoms. The number of aliphatic carboxylic acids is 2. The number of rotatable bonds is 41. The van der Waals surface area contributed by atoms with Crippen molar-refractivity contribution in [1.29, 1.82) is 5.41 Å². The lowest BCUT2D eigenvalue weighted by Gasteiger charge is -2.17. The average molecular weight is 1100 g/mol. The first-order chi connectivity index (χ1) is 35.9. The van der Waals surface area contributed by atoms with Crippen LogP contribution in [0.3, 0.4) is 0 Å². The lowest BCUT2D eigenvalue weighted by atomic mass is 10.1. The lowest BCUT2D eigenvalue weighted by molar-refractivity contribution is -0.192. The predicted molar refractivity (Wildman–Crippen MR) is 265 cm³/mol. The van der Waals surface area contributed by atoms with E-state index in [4.69, 9.17) is 63.7 Å². The van der Waals surface area contributed by atoms with Crippen molar-refractivity contribution in [2.24, 2.45) is 5.73 Å². The Morgan fingerprint density at radius 2 is 1.15 bits per heavy atom. The standard InChI is InChI=1S/C44H67N7O16S.C2HF3O2/c1-33(52)68-29-28-66-27-26-65-25-24-64-23-22-63-21-20-62-19-18-61-17-16-60-15-14-59-13-10-39(53)47-11-3-12-67-37-8-6-35(7-9-37)49-43(58)38(31-41(55)56)51-40(54)32-48-42(57)34-4-2-5-36(30-34)50-44(45)46;3-2(4,5)1(6)7/h2,4-9,30,38H,3,10-29,31-32H2,1H3,(H,47,53)(H,48,57)(H,49,58)(H,51,54)(H,55,56)(H4,45,46,50);(H,6,7)/t38-;/m0./s1. The second kappa shape index (κ2) is 42.1. The molecule has 0 aromatic heterocycles. The van der Waals surface area contributed by atoms with E-state index in [1.54, 1.807) is 36.4 Å². The number of amides is 4. The number of hydrogen-bond acceptors (Lipinski definition) is 18. The SMILES string of the molecule is CC(=O)SCCOCCOCCOCCOCCOCCOCCOCCOCCC(=O)NCCCOc1ccc(NC(=O)[C@H](CC(=O)O)NC(=O)CNC(=O)c2cccc(NC(=N)N)c2)cc1.O=C(O)C(F)(F)F. The number of hydrogen-bond donors (Lipinski definition) is 9. The Morgan fingerprint density at radius 1 is 0.653 bits per heavy atom. The highest BCUT2D eigenvalue weighted by Gasteiger charge is 2.38. The summed E-state index contributed by atoms with van der Waals surface area (Å²) in [5, 5.41) is 36.5. The number of halogens is 3. The number of carbonyl (C=O) groups excluding carboxylic acids is 5. The molecular weight excluding hydrogens is 1030 g/mol. The molecule has 0 unspecified atom stereocenters. The summed E-state index contributed by atoms with van der Waals surface area (Å²) in [5.41, 5.74) is 6.19. The van der Waals surface area contributed by atoms with E-state index in [1.165, 1.54) is 30.8 Å². The number of benzene rings is 2. The third-order valence-electron chi connectivity index (χ3n) is 8.73. The van der Waals surface area contributed by atoms with Crippen LogP contribution in [0.1, 0.15) is 36.5 Å². The van der Waals surface area contributed by atoms with Gasteiger partial charge in [0.15, 0.2) is 11.1 Å². The molecule has 2 aromatic carbocycles. The number of ether oxygens (including phenoxy) is 9. The van der Waals surface area contributed by atoms with E-state index < -0.39 is 54.8 Å². The number of carbonyl (C=O) groups is 7. The van der Waals surface area contributed by atoms with Crippen molar-refractivity contribution >= 4 is 69.8 Å². The van der Waals surface area contributed by atoms with E-state index in [0.717, 1.165) is 0 Å². The molecule has 0 heterocycles. The van der Waals surface area contributed by atoms with Gasteiger partial charge in [0, 0.05) is 42.6 Å². The van der Waals surface area contributed by atoms with Gasteiger partial charge in [0.05, 0.1) is 125 Å². The van der Waals surface area contributed by atoms with Crippen molar-refractivity contribution in [2.45, 2.75) is 38.4 Å². The summed E-state index contributed by atoms with van der Waals surface area (Å²) in [4.78, 5) is 81.2. The van der Waals surface area contributed by atoms with Crippen LogP contribution in [-0.4, -0.2) is 200 Å². The molecule has 0 aliphatic rings. The van der Waals surface area contributed by atoms with Crippen molar-refractivity contribution < 1.29 is 99.6 Å². The molecular formula is C46H68F3N7O18S. The molecule has 422 valence electrons. The van der Waals surface area contributed by atoms with Crippen LogP contribution in [0.5, 0.6) is 5.75 Å². The van der Waals surface area contributed by atoms with Crippen LogP contribution in [-0.2, 0) is 66.7 Å². The third kappa shape index (κ3) is 39.0. The fourth-order valence-electron chi connectivity index (χ4n) is 5.28. The van der Waals surface area contributed by atoms with Gasteiger partial charge in [-0.25, -0.2) is 4.79 Å². The summed E-state index contributed by atoms with van der Waals surface area (Å²) in [7, 11) is 0. The van der Waals surface area contributed by atoms with Gasteiger partial charge in [-0.1, -0.05) is 17.8 Å². The van der Waals surface area contributed by atoms with Crippen molar-refractivity contribution in [2.75, 3.05) is 142 Å². The molecule has 2 aromatic rings. The van der Waals surface area contributed by atoms with Crippen molar-refractivity contribution in [3.05, 3.63) is 54.1 Å². The van der Waals surface area contributed by atoms with E-state index in [1.807, 2.05) is 0 Å². The molecule has 10 N–H and O–H groups in total. The zero-order valence-corrected chi connectivity index (χ0v) is 42.3. The Labute approximate surface area is 435 Å². The van der Waals surface area contributed by atoms with E-state index in [9.17, 15) is 47.0 Å². The van der Waals surface area contributed by atoms with E-state index >= 15 is 0 Å². The van der Waals surface area contributed by atoms with E-state index in [0.29, 0.717) is 142 Å². The van der Waals surface area contributed by atoms with Gasteiger partial charge >= 0.3 is 18.1 Å². The van der Waals surface area contributed by atoms with Crippen molar-refractivity contribution in [1.82, 2.24) is 16.0 Å². The van der Waals surface area contributed by atoms with Crippen LogP contribution in [0.2, 0.25) is 0 Å². The van der Waals surface area contributed by atoms with Crippen molar-refractivity contribution in [3.8, 4) is 5.75 Å². The molecule has 0 saturated carbocycles. The lowest BCUT2D eigenvalue weighted by Crippen LogP contribution is -2.48. The van der Waals surface area contributed by atoms with Gasteiger partial charge < -0.3 is 85.2 Å². The fraction of sp³-hybridized carbons (Fsp3) is 0.565. The van der Waals surface area contributed by atoms with Gasteiger partial charge in [-0.3, -0.25) is 34.2 Å². The van der Waals surface area contributed by atoms with Crippen LogP contribution >= 0.6 is 11.8 Å². The summed E-state index contributed by atoms with van der Waals surface area (Å²) in [6, 6.07) is 10.9. The van der Waals surface area contributed by atoms with Gasteiger partial charge in [-0.05, 0) is 48.9 Å². The maximum Gasteiger partial charge on any atom is 0.490 e. The molecule has 29 heteroatoms. The maximum absolute atomic E-state index is 12.9. The number of nitrogens with two attached hydrogens (primary N) is 1. The summed E-state index contributed by atoms with van der Waals surface area (Å²) in [6.07, 6.45) is -5.07. The second-order valence-electron chi connectivity index (χ2n) is 14.9. The number of anilines is 2. The van der Waals surface area contributed by atoms with Gasteiger partial charge in [0.1, 0.15) is 11.8 Å². The van der Waals surface area contributed by atoms with Crippen LogP contribution in [0.4, 0.5) is 24.5 Å². The number of carboxylic acid groups (broad SMARTS) is 2. The van der Waals surface area contributed by atoms with Crippen LogP contribution in [0.25, 0.3) is 0 Å². The number of nitrogens with one attached hydrogen (secondary N) is 6. The van der Waals surface area contributed by atoms with Gasteiger partial charge in [-0.15, -0.1) is 0 Å². The first-order valence-electron chi connectivity index (χ1n) is 23.2. The van der Waals surface area contributed by atoms with Gasteiger partial charge in [-0.2, -0.15) is 13.2 Å². The zero-order valence-electron chi connectivity index (χ0n) is 41.5. The number of guanidine groups is 1. The highest BCUT2D eigenvalue weighted by atomic mass is 32.2. The molecule has 75 heavy (non-hydrogen) atoms. The Kier molecular flexibility index (Phi) is 37.5. The Bertz CT molecular complexity index is 1990. The van der Waals surface area contributed by atoms with E-state index in [-0.39, 0.29) is 35.6 Å². The Hall–Kier alpha value is -6.18. The van der Waals surface area contributed by atoms with Crippen LogP contribution < -0.4 is 37.1 Å². The predicted octanol–water partition coefficient (Wildman–Crippen LogP) is 1.64. The molecule has 4 amide bonds. The molecule has 0 radical (unpaired) electrons. The molecule has 0 fully saturated rings. The minimum atomic E-state index is -5.08. The summed E-state index contributed by atoms with van der Waals surface area (Å²) >= 11 is 1.24. The molecule has 25 nitrogen and oxygen atoms in total. The summed E-state index contributed by atoms with van der Waals surface area (Å²) in [6.45, 7) is 8.57. The number of carboxylic acids is 2. The molecule has 2 rings (SSSR count).